The van der Waals surface area contributed by atoms with E-state index in [9.17, 15) is 9.90 Å². The van der Waals surface area contributed by atoms with Gasteiger partial charge in [0.2, 0.25) is 0 Å². The van der Waals surface area contributed by atoms with Gasteiger partial charge in [0, 0.05) is 6.42 Å². The summed E-state index contributed by atoms with van der Waals surface area (Å²) >= 11 is 0. The smallest absolute Gasteiger partial charge is 0.143 e. The lowest BCUT2D eigenvalue weighted by Gasteiger charge is -2.41. The summed E-state index contributed by atoms with van der Waals surface area (Å²) in [5.74, 6) is 1.45. The third kappa shape index (κ3) is 3.17. The molecule has 4 heteroatoms. The Kier molecular flexibility index (Phi) is 4.53. The van der Waals surface area contributed by atoms with Crippen molar-refractivity contribution in [1.29, 1.82) is 0 Å². The number of piperidine rings is 1. The summed E-state index contributed by atoms with van der Waals surface area (Å²) in [6, 6.07) is 11.1. The number of carbonyl (C=O) groups is 1. The number of ketones is 1. The number of Topliss-reactive ketones (excluding diaryl/α,β-unsaturated/α-hetero) is 1. The molecule has 1 N–H and O–H groups in total. The fraction of sp³-hybridized carbons (Fsp3) is 0.421. The lowest BCUT2D eigenvalue weighted by molar-refractivity contribution is -0.126. The van der Waals surface area contributed by atoms with Crippen LogP contribution < -0.4 is 0 Å². The van der Waals surface area contributed by atoms with Crippen molar-refractivity contribution < 1.29 is 14.3 Å². The zero-order valence-electron chi connectivity index (χ0n) is 13.5. The minimum absolute atomic E-state index is 0.226. The molecule has 0 unspecified atom stereocenters. The lowest BCUT2D eigenvalue weighted by Crippen LogP contribution is -2.46. The van der Waals surface area contributed by atoms with Crippen LogP contribution >= 0.6 is 0 Å². The van der Waals surface area contributed by atoms with Gasteiger partial charge in [-0.3, -0.25) is 9.69 Å². The number of nitrogens with zero attached hydrogens (tertiary/aromatic N) is 1. The van der Waals surface area contributed by atoms with Crippen molar-refractivity contribution in [1.82, 2.24) is 4.90 Å². The highest BCUT2D eigenvalue weighted by Gasteiger charge is 2.41. The second kappa shape index (κ2) is 6.59. The topological polar surface area (TPSA) is 53.7 Å². The van der Waals surface area contributed by atoms with Crippen LogP contribution in [0, 0.1) is 0 Å². The fourth-order valence-corrected chi connectivity index (χ4v) is 3.59. The molecule has 4 nitrogen and oxygen atoms in total. The van der Waals surface area contributed by atoms with Gasteiger partial charge in [0.05, 0.1) is 18.2 Å². The van der Waals surface area contributed by atoms with Gasteiger partial charge in [-0.25, -0.2) is 0 Å². The zero-order chi connectivity index (χ0) is 16.3. The molecule has 0 atom stereocenters. The van der Waals surface area contributed by atoms with E-state index in [-0.39, 0.29) is 11.5 Å². The summed E-state index contributed by atoms with van der Waals surface area (Å²) in [7, 11) is 0. The SMILES string of the molecule is CCC(=O)C1(c2cccc(O)c2)CCN(Cc2ccco2)CC1. The van der Waals surface area contributed by atoms with Crippen LogP contribution in [0.25, 0.3) is 0 Å². The Labute approximate surface area is 136 Å². The highest BCUT2D eigenvalue weighted by molar-refractivity contribution is 5.90. The van der Waals surface area contributed by atoms with Crippen LogP contribution in [0.1, 0.15) is 37.5 Å². The van der Waals surface area contributed by atoms with Crippen LogP contribution in [0.2, 0.25) is 0 Å². The fourth-order valence-electron chi connectivity index (χ4n) is 3.59. The van der Waals surface area contributed by atoms with Crippen molar-refractivity contribution in [2.75, 3.05) is 13.1 Å². The number of carbonyl (C=O) groups excluding carboxylic acids is 1. The van der Waals surface area contributed by atoms with E-state index in [1.807, 2.05) is 31.2 Å². The molecule has 0 amide bonds. The van der Waals surface area contributed by atoms with Crippen molar-refractivity contribution in [2.45, 2.75) is 38.1 Å². The summed E-state index contributed by atoms with van der Waals surface area (Å²) in [6.07, 6.45) is 3.78. The molecule has 1 aromatic heterocycles. The molecule has 1 aromatic carbocycles. The average molecular weight is 313 g/mol. The normalized spacial score (nSPS) is 18.0. The zero-order valence-corrected chi connectivity index (χ0v) is 13.5. The second-order valence-corrected chi connectivity index (χ2v) is 6.26. The maximum atomic E-state index is 12.7. The van der Waals surface area contributed by atoms with Crippen molar-refractivity contribution in [3.63, 3.8) is 0 Å². The molecule has 1 aliphatic heterocycles. The Hall–Kier alpha value is -2.07. The van der Waals surface area contributed by atoms with Gasteiger partial charge in [-0.1, -0.05) is 19.1 Å². The number of rotatable bonds is 5. The number of furan rings is 1. The highest BCUT2D eigenvalue weighted by Crippen LogP contribution is 2.38. The number of benzene rings is 1. The first kappa shape index (κ1) is 15.8. The summed E-state index contributed by atoms with van der Waals surface area (Å²) in [5, 5.41) is 9.80. The van der Waals surface area contributed by atoms with Gasteiger partial charge in [-0.05, 0) is 55.8 Å². The molecular weight excluding hydrogens is 290 g/mol. The molecule has 1 saturated heterocycles. The maximum absolute atomic E-state index is 12.7. The molecular formula is C19H23NO3. The van der Waals surface area contributed by atoms with E-state index < -0.39 is 5.41 Å². The van der Waals surface area contributed by atoms with E-state index in [1.54, 1.807) is 18.4 Å². The van der Waals surface area contributed by atoms with Gasteiger partial charge in [0.15, 0.2) is 0 Å². The Morgan fingerprint density at radius 3 is 2.65 bits per heavy atom. The molecule has 23 heavy (non-hydrogen) atoms. The summed E-state index contributed by atoms with van der Waals surface area (Å²) in [5.41, 5.74) is 0.481. The number of phenolic OH excluding ortho intramolecular Hbond substituents is 1. The molecule has 2 heterocycles. The monoisotopic (exact) mass is 313 g/mol. The summed E-state index contributed by atoms with van der Waals surface area (Å²) in [4.78, 5) is 15.0. The van der Waals surface area contributed by atoms with Gasteiger partial charge < -0.3 is 9.52 Å². The van der Waals surface area contributed by atoms with Crippen molar-refractivity contribution in [3.05, 3.63) is 54.0 Å². The average Bonchev–Trinajstić information content (AvgIpc) is 3.08. The first-order valence-electron chi connectivity index (χ1n) is 8.21. The van der Waals surface area contributed by atoms with Gasteiger partial charge in [0.1, 0.15) is 17.3 Å². The quantitative estimate of drug-likeness (QED) is 0.918. The minimum atomic E-state index is -0.465. The molecule has 0 spiro atoms. The van der Waals surface area contributed by atoms with E-state index in [4.69, 9.17) is 4.42 Å². The van der Waals surface area contributed by atoms with Gasteiger partial charge in [0.25, 0.3) is 0 Å². The maximum Gasteiger partial charge on any atom is 0.143 e. The van der Waals surface area contributed by atoms with Crippen molar-refractivity contribution in [2.24, 2.45) is 0 Å². The molecule has 1 fully saturated rings. The molecule has 0 aliphatic carbocycles. The standard InChI is InChI=1S/C19H23NO3/c1-2-18(22)19(15-5-3-6-16(21)13-15)8-10-20(11-9-19)14-17-7-4-12-23-17/h3-7,12-13,21H,2,8-11,14H2,1H3. The number of aromatic hydroxyl groups is 1. The van der Waals surface area contributed by atoms with Crippen LogP contribution in [0.15, 0.2) is 47.1 Å². The molecule has 0 saturated carbocycles. The number of phenols is 1. The molecule has 0 radical (unpaired) electrons. The largest absolute Gasteiger partial charge is 0.508 e. The van der Waals surface area contributed by atoms with Gasteiger partial charge >= 0.3 is 0 Å². The Balaban J connectivity index is 1.79. The van der Waals surface area contributed by atoms with E-state index in [2.05, 4.69) is 4.90 Å². The second-order valence-electron chi connectivity index (χ2n) is 6.26. The third-order valence-corrected chi connectivity index (χ3v) is 4.92. The van der Waals surface area contributed by atoms with Crippen molar-refractivity contribution in [3.8, 4) is 5.75 Å². The molecule has 0 bridgehead atoms. The van der Waals surface area contributed by atoms with E-state index in [1.165, 1.54) is 0 Å². The van der Waals surface area contributed by atoms with Crippen LogP contribution in [-0.4, -0.2) is 28.9 Å². The number of likely N-dealkylation sites (tertiary alicyclic amines) is 1. The summed E-state index contributed by atoms with van der Waals surface area (Å²) < 4.78 is 5.42. The van der Waals surface area contributed by atoms with Crippen LogP contribution in [0.4, 0.5) is 0 Å². The minimum Gasteiger partial charge on any atom is -0.508 e. The van der Waals surface area contributed by atoms with E-state index in [0.717, 1.165) is 43.8 Å². The lowest BCUT2D eigenvalue weighted by atomic mass is 9.69. The number of hydrogen-bond acceptors (Lipinski definition) is 4. The van der Waals surface area contributed by atoms with E-state index in [0.29, 0.717) is 6.42 Å². The van der Waals surface area contributed by atoms with Gasteiger partial charge in [-0.2, -0.15) is 0 Å². The first-order chi connectivity index (χ1) is 11.1. The predicted molar refractivity (Wildman–Crippen MR) is 88.3 cm³/mol. The Bertz CT molecular complexity index is 655. The highest BCUT2D eigenvalue weighted by atomic mass is 16.3. The molecule has 3 rings (SSSR count). The molecule has 1 aliphatic rings. The summed E-state index contributed by atoms with van der Waals surface area (Å²) in [6.45, 7) is 4.40. The Morgan fingerprint density at radius 2 is 2.04 bits per heavy atom. The molecule has 122 valence electrons. The van der Waals surface area contributed by atoms with E-state index >= 15 is 0 Å². The number of hydrogen-bond donors (Lipinski definition) is 1. The van der Waals surface area contributed by atoms with Crippen LogP contribution in [0.5, 0.6) is 5.75 Å². The molecule has 2 aromatic rings. The van der Waals surface area contributed by atoms with Crippen molar-refractivity contribution >= 4 is 5.78 Å². The Morgan fingerprint density at radius 1 is 1.26 bits per heavy atom. The van der Waals surface area contributed by atoms with Crippen LogP contribution in [0.3, 0.4) is 0 Å². The van der Waals surface area contributed by atoms with Crippen LogP contribution in [-0.2, 0) is 16.8 Å². The first-order valence-corrected chi connectivity index (χ1v) is 8.21. The predicted octanol–water partition coefficient (Wildman–Crippen LogP) is 3.50. The van der Waals surface area contributed by atoms with Gasteiger partial charge in [-0.15, -0.1) is 0 Å². The third-order valence-electron chi connectivity index (χ3n) is 4.92.